The molecule has 12 heteroatoms. The lowest BCUT2D eigenvalue weighted by Crippen LogP contribution is -2.22. The molecule has 1 aliphatic carbocycles. The number of hydrogen-bond donors (Lipinski definition) is 1. The quantitative estimate of drug-likeness (QED) is 0.448. The molecule has 8 nitrogen and oxygen atoms in total. The van der Waals surface area contributed by atoms with Gasteiger partial charge in [-0.25, -0.2) is 28.2 Å². The van der Waals surface area contributed by atoms with Crippen LogP contribution < -0.4 is 4.72 Å². The average molecular weight is 442 g/mol. The number of nitrogens with zero attached hydrogens (tertiary/aromatic N) is 7. The summed E-state index contributed by atoms with van der Waals surface area (Å²) in [6.45, 7) is 0. The zero-order valence-electron chi connectivity index (χ0n) is 15.2. The van der Waals surface area contributed by atoms with Gasteiger partial charge in [-0.1, -0.05) is 11.3 Å². The third-order valence-electron chi connectivity index (χ3n) is 4.65. The normalized spacial score (nSPS) is 14.9. The number of halogens is 2. The molecule has 0 unspecified atom stereocenters. The summed E-state index contributed by atoms with van der Waals surface area (Å²) >= 11 is 2.14. The third kappa shape index (κ3) is 3.41. The van der Waals surface area contributed by atoms with E-state index in [0.29, 0.717) is 11.2 Å². The maximum atomic E-state index is 13.0. The summed E-state index contributed by atoms with van der Waals surface area (Å²) in [6, 6.07) is 7.90. The van der Waals surface area contributed by atoms with Crippen LogP contribution in [-0.2, 0) is 0 Å². The van der Waals surface area contributed by atoms with E-state index in [0.717, 1.165) is 40.0 Å². The molecule has 1 N–H and O–H groups in total. The van der Waals surface area contributed by atoms with Crippen LogP contribution in [0.15, 0.2) is 41.8 Å². The minimum Gasteiger partial charge on any atom is -0.245 e. The van der Waals surface area contributed by atoms with Crippen molar-refractivity contribution >= 4 is 34.2 Å². The van der Waals surface area contributed by atoms with E-state index in [1.165, 1.54) is 23.0 Å². The van der Waals surface area contributed by atoms with Crippen LogP contribution in [0.1, 0.15) is 24.3 Å². The van der Waals surface area contributed by atoms with Crippen molar-refractivity contribution in [3.05, 3.63) is 41.9 Å². The average Bonchev–Trinajstić information content (AvgIpc) is 3.17. The molecule has 1 aromatic carbocycles. The number of rotatable bonds is 6. The lowest BCUT2D eigenvalue weighted by atomic mass is 10.1. The number of nitriles is 1. The van der Waals surface area contributed by atoms with Gasteiger partial charge in [0, 0.05) is 22.0 Å². The Morgan fingerprint density at radius 1 is 1.30 bits per heavy atom. The van der Waals surface area contributed by atoms with Gasteiger partial charge in [-0.2, -0.15) is 10.4 Å². The van der Waals surface area contributed by atoms with Crippen molar-refractivity contribution in [2.24, 2.45) is 0 Å². The molecule has 0 bridgehead atoms. The van der Waals surface area contributed by atoms with Gasteiger partial charge < -0.3 is 0 Å². The lowest BCUT2D eigenvalue weighted by Gasteiger charge is -2.11. The van der Waals surface area contributed by atoms with E-state index < -0.39 is 12.0 Å². The van der Waals surface area contributed by atoms with Crippen molar-refractivity contribution in [2.45, 2.75) is 29.7 Å². The molecule has 150 valence electrons. The maximum Gasteiger partial charge on any atom is 0.291 e. The fraction of sp³-hybridized carbons (Fsp3) is 0.222. The van der Waals surface area contributed by atoms with Gasteiger partial charge in [0.05, 0.1) is 23.5 Å². The second kappa shape index (κ2) is 7.35. The predicted molar refractivity (Wildman–Crippen MR) is 107 cm³/mol. The molecule has 1 fully saturated rings. The van der Waals surface area contributed by atoms with Gasteiger partial charge in [0.1, 0.15) is 11.9 Å². The van der Waals surface area contributed by atoms with E-state index in [-0.39, 0.29) is 10.1 Å². The van der Waals surface area contributed by atoms with Crippen LogP contribution in [0, 0.1) is 11.3 Å². The Kier molecular flexibility index (Phi) is 4.65. The van der Waals surface area contributed by atoms with Crippen LogP contribution in [0.2, 0.25) is 0 Å². The first kappa shape index (κ1) is 19.0. The predicted octanol–water partition coefficient (Wildman–Crippen LogP) is 3.92. The molecule has 5 rings (SSSR count). The van der Waals surface area contributed by atoms with Gasteiger partial charge >= 0.3 is 0 Å². The Morgan fingerprint density at radius 2 is 2.17 bits per heavy atom. The fourth-order valence-corrected chi connectivity index (χ4v) is 4.47. The highest BCUT2D eigenvalue weighted by molar-refractivity contribution is 7.97. The highest BCUT2D eigenvalue weighted by atomic mass is 32.2. The molecular weight excluding hydrogens is 430 g/mol. The summed E-state index contributed by atoms with van der Waals surface area (Å²) in [5.74, 6) is 0. The molecule has 0 saturated heterocycles. The summed E-state index contributed by atoms with van der Waals surface area (Å²) < 4.78 is 30.6. The van der Waals surface area contributed by atoms with Crippen molar-refractivity contribution in [1.29, 1.82) is 5.26 Å². The third-order valence-corrected chi connectivity index (χ3v) is 6.52. The monoisotopic (exact) mass is 442 g/mol. The molecule has 0 spiro atoms. The Balaban J connectivity index is 1.62. The molecule has 3 aromatic heterocycles. The summed E-state index contributed by atoms with van der Waals surface area (Å²) in [4.78, 5) is 9.12. The van der Waals surface area contributed by atoms with E-state index in [4.69, 9.17) is 0 Å². The van der Waals surface area contributed by atoms with E-state index in [9.17, 15) is 14.0 Å². The second-order valence-corrected chi connectivity index (χ2v) is 8.54. The van der Waals surface area contributed by atoms with E-state index in [1.807, 2.05) is 12.1 Å². The topological polar surface area (TPSA) is 105 Å². The van der Waals surface area contributed by atoms with Gasteiger partial charge in [0.25, 0.3) is 6.43 Å². The smallest absolute Gasteiger partial charge is 0.245 e. The Morgan fingerprint density at radius 3 is 2.83 bits per heavy atom. The molecule has 0 atom stereocenters. The van der Waals surface area contributed by atoms with Crippen LogP contribution in [0.3, 0.4) is 0 Å². The SMILES string of the molecule is N#CC1(NSc2cc(-c3ccncn3)c3cnn(-c4nnc(C(F)F)s4)c3c2)CC1. The van der Waals surface area contributed by atoms with Gasteiger partial charge in [0.2, 0.25) is 5.13 Å². The molecule has 30 heavy (non-hydrogen) atoms. The number of aromatic nitrogens is 6. The molecule has 4 aromatic rings. The van der Waals surface area contributed by atoms with E-state index in [1.54, 1.807) is 18.5 Å². The molecule has 1 saturated carbocycles. The van der Waals surface area contributed by atoms with Crippen LogP contribution >= 0.6 is 23.3 Å². The molecule has 3 heterocycles. The highest BCUT2D eigenvalue weighted by Crippen LogP contribution is 2.39. The van der Waals surface area contributed by atoms with Crippen LogP contribution in [0.4, 0.5) is 8.78 Å². The number of hydrogen-bond acceptors (Lipinski definition) is 9. The fourth-order valence-electron chi connectivity index (χ4n) is 2.89. The molecule has 0 aliphatic heterocycles. The highest BCUT2D eigenvalue weighted by Gasteiger charge is 2.43. The minimum atomic E-state index is -2.69. The Hall–Kier alpha value is -3.01. The Labute approximate surface area is 177 Å². The lowest BCUT2D eigenvalue weighted by molar-refractivity contribution is 0.150. The summed E-state index contributed by atoms with van der Waals surface area (Å²) in [5, 5.41) is 21.8. The summed E-state index contributed by atoms with van der Waals surface area (Å²) in [6.07, 6.45) is 3.66. The van der Waals surface area contributed by atoms with Crippen molar-refractivity contribution in [1.82, 2.24) is 34.7 Å². The largest absolute Gasteiger partial charge is 0.291 e. The van der Waals surface area contributed by atoms with Gasteiger partial charge in [-0.05, 0) is 43.0 Å². The van der Waals surface area contributed by atoms with Gasteiger partial charge in [0.15, 0.2) is 5.01 Å². The first-order valence-electron chi connectivity index (χ1n) is 8.84. The number of benzene rings is 1. The van der Waals surface area contributed by atoms with Crippen molar-refractivity contribution in [2.75, 3.05) is 0 Å². The van der Waals surface area contributed by atoms with Crippen molar-refractivity contribution in [3.63, 3.8) is 0 Å². The summed E-state index contributed by atoms with van der Waals surface area (Å²) in [7, 11) is 0. The first-order chi connectivity index (χ1) is 14.6. The number of alkyl halides is 2. The van der Waals surface area contributed by atoms with Crippen molar-refractivity contribution < 1.29 is 8.78 Å². The molecular formula is C18H12F2N8S2. The standard InChI is InChI=1S/C18H12F2N8S2/c19-15(20)16-25-26-17(29-16)28-14-6-10(30-27-18(8-21)2-3-18)5-11(12(14)7-24-28)13-1-4-22-9-23-13/h1,4-7,9,15,27H,2-3H2. The minimum absolute atomic E-state index is 0.250. The zero-order valence-corrected chi connectivity index (χ0v) is 16.8. The van der Waals surface area contributed by atoms with Crippen LogP contribution in [0.25, 0.3) is 27.3 Å². The molecule has 1 aliphatic rings. The van der Waals surface area contributed by atoms with Crippen LogP contribution in [-0.4, -0.2) is 35.5 Å². The molecule has 0 amide bonds. The molecule has 0 radical (unpaired) electrons. The number of fused-ring (bicyclic) bond motifs is 1. The second-order valence-electron chi connectivity index (χ2n) is 6.68. The number of nitrogens with one attached hydrogen (secondary N) is 1. The van der Waals surface area contributed by atoms with Gasteiger partial charge in [-0.15, -0.1) is 10.2 Å². The maximum absolute atomic E-state index is 13.0. The first-order valence-corrected chi connectivity index (χ1v) is 10.5. The zero-order chi connectivity index (χ0) is 20.7. The Bertz CT molecular complexity index is 1260. The van der Waals surface area contributed by atoms with E-state index >= 15 is 0 Å². The van der Waals surface area contributed by atoms with Crippen LogP contribution in [0.5, 0.6) is 0 Å². The van der Waals surface area contributed by atoms with Crippen molar-refractivity contribution in [3.8, 4) is 22.5 Å². The summed E-state index contributed by atoms with van der Waals surface area (Å²) in [5.41, 5.74) is 1.68. The van der Waals surface area contributed by atoms with Gasteiger partial charge in [-0.3, -0.25) is 0 Å². The van der Waals surface area contributed by atoms with E-state index in [2.05, 4.69) is 36.1 Å².